The van der Waals surface area contributed by atoms with Crippen LogP contribution in [0.25, 0.3) is 0 Å². The van der Waals surface area contributed by atoms with Gasteiger partial charge in [-0.2, -0.15) is 0 Å². The molecule has 21 heavy (non-hydrogen) atoms. The Morgan fingerprint density at radius 1 is 0.952 bits per heavy atom. The lowest BCUT2D eigenvalue weighted by atomic mass is 10.3. The predicted octanol–water partition coefficient (Wildman–Crippen LogP) is 4.86. The molecule has 0 aromatic heterocycles. The zero-order valence-electron chi connectivity index (χ0n) is 11.1. The van der Waals surface area contributed by atoms with Gasteiger partial charge < -0.3 is 0 Å². The fourth-order valence-electron chi connectivity index (χ4n) is 1.88. The molecule has 0 N–H and O–H groups in total. The third-order valence-electron chi connectivity index (χ3n) is 2.87. The Hall–Kier alpha value is -0.940. The van der Waals surface area contributed by atoms with E-state index in [2.05, 4.69) is 0 Å². The minimum absolute atomic E-state index is 0.143. The average molecular weight is 365 g/mol. The Balaban J connectivity index is 2.54. The Kier molecular flexibility index (Phi) is 5.04. The van der Waals surface area contributed by atoms with E-state index in [-0.39, 0.29) is 11.4 Å². The largest absolute Gasteiger partial charge is 0.265 e. The smallest absolute Gasteiger partial charge is 0.264 e. The van der Waals surface area contributed by atoms with Crippen molar-refractivity contribution in [3.8, 4) is 0 Å². The van der Waals surface area contributed by atoms with Crippen molar-refractivity contribution in [3.63, 3.8) is 0 Å². The molecule has 0 heterocycles. The van der Waals surface area contributed by atoms with Crippen LogP contribution in [0.15, 0.2) is 47.4 Å². The van der Waals surface area contributed by atoms with Gasteiger partial charge in [-0.3, -0.25) is 4.31 Å². The van der Waals surface area contributed by atoms with Crippen molar-refractivity contribution in [1.82, 2.24) is 0 Å². The predicted molar refractivity (Wildman–Crippen MR) is 88.1 cm³/mol. The van der Waals surface area contributed by atoms with Crippen molar-refractivity contribution in [1.29, 1.82) is 0 Å². The second kappa shape index (κ2) is 6.44. The van der Waals surface area contributed by atoms with Crippen molar-refractivity contribution in [3.05, 3.63) is 57.5 Å². The van der Waals surface area contributed by atoms with Crippen molar-refractivity contribution in [2.45, 2.75) is 11.8 Å². The van der Waals surface area contributed by atoms with Crippen molar-refractivity contribution < 1.29 is 8.42 Å². The summed E-state index contributed by atoms with van der Waals surface area (Å²) in [5, 5.41) is 1.20. The Morgan fingerprint density at radius 3 is 2.10 bits per heavy atom. The molecule has 0 radical (unpaired) electrons. The van der Waals surface area contributed by atoms with E-state index in [0.29, 0.717) is 20.8 Å². The summed E-state index contributed by atoms with van der Waals surface area (Å²) in [5.41, 5.74) is 0.349. The minimum atomic E-state index is -3.73. The number of halogens is 3. The highest BCUT2D eigenvalue weighted by atomic mass is 35.5. The number of benzene rings is 2. The molecule has 3 nitrogen and oxygen atoms in total. The van der Waals surface area contributed by atoms with Crippen LogP contribution in [0.5, 0.6) is 0 Å². The zero-order chi connectivity index (χ0) is 15.6. The van der Waals surface area contributed by atoms with Crippen LogP contribution >= 0.6 is 34.8 Å². The van der Waals surface area contributed by atoms with E-state index >= 15 is 0 Å². The number of anilines is 1. The van der Waals surface area contributed by atoms with E-state index in [4.69, 9.17) is 34.8 Å². The maximum atomic E-state index is 12.7. The molecule has 0 bridgehead atoms. The SMILES string of the molecule is CCN(c1cc(Cl)ccc1Cl)S(=O)(=O)c1ccc(Cl)cc1. The molecule has 0 fully saturated rings. The number of sulfonamides is 1. The lowest BCUT2D eigenvalue weighted by molar-refractivity contribution is 0.592. The lowest BCUT2D eigenvalue weighted by Gasteiger charge is -2.24. The average Bonchev–Trinajstić information content (AvgIpc) is 2.43. The van der Waals surface area contributed by atoms with Crippen LogP contribution in [0.2, 0.25) is 15.1 Å². The van der Waals surface area contributed by atoms with Gasteiger partial charge in [0.05, 0.1) is 15.6 Å². The normalized spacial score (nSPS) is 11.4. The number of rotatable bonds is 4. The van der Waals surface area contributed by atoms with Crippen molar-refractivity contribution >= 4 is 50.5 Å². The van der Waals surface area contributed by atoms with E-state index in [1.807, 2.05) is 0 Å². The number of nitrogens with zero attached hydrogens (tertiary/aromatic N) is 1. The topological polar surface area (TPSA) is 37.4 Å². The molecular weight excluding hydrogens is 353 g/mol. The van der Waals surface area contributed by atoms with Gasteiger partial charge in [0.2, 0.25) is 0 Å². The molecule has 0 spiro atoms. The van der Waals surface area contributed by atoms with Gasteiger partial charge in [-0.05, 0) is 49.4 Å². The first-order chi connectivity index (χ1) is 9.86. The highest BCUT2D eigenvalue weighted by Gasteiger charge is 2.25. The Morgan fingerprint density at radius 2 is 1.52 bits per heavy atom. The first-order valence-electron chi connectivity index (χ1n) is 6.09. The van der Waals surface area contributed by atoms with Crippen molar-refractivity contribution in [2.75, 3.05) is 10.8 Å². The second-order valence-corrected chi connectivity index (χ2v) is 7.36. The fourth-order valence-corrected chi connectivity index (χ4v) is 3.93. The molecule has 0 saturated carbocycles. The lowest BCUT2D eigenvalue weighted by Crippen LogP contribution is -2.31. The highest BCUT2D eigenvalue weighted by Crippen LogP contribution is 2.32. The third kappa shape index (κ3) is 3.46. The molecule has 112 valence electrons. The van der Waals surface area contributed by atoms with E-state index in [1.165, 1.54) is 34.6 Å². The molecule has 0 saturated heterocycles. The monoisotopic (exact) mass is 363 g/mol. The van der Waals surface area contributed by atoms with Gasteiger partial charge in [-0.25, -0.2) is 8.42 Å². The van der Waals surface area contributed by atoms with Crippen molar-refractivity contribution in [2.24, 2.45) is 0 Å². The summed E-state index contributed by atoms with van der Waals surface area (Å²) in [4.78, 5) is 0.143. The molecule has 0 aliphatic heterocycles. The molecule has 0 unspecified atom stereocenters. The molecule has 0 atom stereocenters. The number of hydrogen-bond acceptors (Lipinski definition) is 2. The molecule has 2 aromatic rings. The second-order valence-electron chi connectivity index (χ2n) is 4.22. The summed E-state index contributed by atoms with van der Waals surface area (Å²) in [5.74, 6) is 0. The van der Waals surface area contributed by atoms with Gasteiger partial charge in [0, 0.05) is 16.6 Å². The highest BCUT2D eigenvalue weighted by molar-refractivity contribution is 7.92. The molecule has 2 rings (SSSR count). The maximum Gasteiger partial charge on any atom is 0.264 e. The van der Waals surface area contributed by atoms with E-state index in [1.54, 1.807) is 19.1 Å². The van der Waals surface area contributed by atoms with E-state index < -0.39 is 10.0 Å². The summed E-state index contributed by atoms with van der Waals surface area (Å²) in [6, 6.07) is 10.7. The summed E-state index contributed by atoms with van der Waals surface area (Å²) in [7, 11) is -3.73. The first-order valence-corrected chi connectivity index (χ1v) is 8.67. The quantitative estimate of drug-likeness (QED) is 0.776. The van der Waals surface area contributed by atoms with E-state index in [9.17, 15) is 8.42 Å². The van der Waals surface area contributed by atoms with Gasteiger partial charge >= 0.3 is 0 Å². The molecular formula is C14H12Cl3NO2S. The molecule has 0 aliphatic carbocycles. The first kappa shape index (κ1) is 16.4. The molecule has 0 amide bonds. The van der Waals surface area contributed by atoms with Crippen LogP contribution in [0.1, 0.15) is 6.92 Å². The van der Waals surface area contributed by atoms with E-state index in [0.717, 1.165) is 0 Å². The van der Waals surface area contributed by atoms with Crippen LogP contribution < -0.4 is 4.31 Å². The standard InChI is InChI=1S/C14H12Cl3NO2S/c1-2-18(14-9-11(16)5-8-13(14)17)21(19,20)12-6-3-10(15)4-7-12/h3-9H,2H2,1H3. The van der Waals surface area contributed by atoms with Crippen LogP contribution in [0, 0.1) is 0 Å². The van der Waals surface area contributed by atoms with Gasteiger partial charge in [0.15, 0.2) is 0 Å². The van der Waals surface area contributed by atoms with Crippen LogP contribution in [-0.2, 0) is 10.0 Å². The fraction of sp³-hybridized carbons (Fsp3) is 0.143. The molecule has 7 heteroatoms. The summed E-state index contributed by atoms with van der Waals surface area (Å²) in [6.45, 7) is 1.95. The number of hydrogen-bond donors (Lipinski definition) is 0. The van der Waals surface area contributed by atoms with Crippen LogP contribution in [-0.4, -0.2) is 15.0 Å². The van der Waals surface area contributed by atoms with Crippen LogP contribution in [0.3, 0.4) is 0 Å². The van der Waals surface area contributed by atoms with Crippen LogP contribution in [0.4, 0.5) is 5.69 Å². The van der Waals surface area contributed by atoms with Gasteiger partial charge in [0.25, 0.3) is 10.0 Å². The minimum Gasteiger partial charge on any atom is -0.265 e. The van der Waals surface area contributed by atoms with Gasteiger partial charge in [-0.15, -0.1) is 0 Å². The summed E-state index contributed by atoms with van der Waals surface area (Å²) >= 11 is 17.8. The van der Waals surface area contributed by atoms with Gasteiger partial charge in [-0.1, -0.05) is 34.8 Å². The maximum absolute atomic E-state index is 12.7. The Bertz CT molecular complexity index is 745. The zero-order valence-corrected chi connectivity index (χ0v) is 14.1. The molecule has 2 aromatic carbocycles. The molecule has 0 aliphatic rings. The van der Waals surface area contributed by atoms with Gasteiger partial charge in [0.1, 0.15) is 0 Å². The summed E-state index contributed by atoms with van der Waals surface area (Å²) < 4.78 is 26.7. The summed E-state index contributed by atoms with van der Waals surface area (Å²) in [6.07, 6.45) is 0. The Labute approximate surface area is 139 Å². The third-order valence-corrected chi connectivity index (χ3v) is 5.58.